The molecule has 1 aromatic carbocycles. The van der Waals surface area contributed by atoms with E-state index in [9.17, 15) is 18.0 Å². The van der Waals surface area contributed by atoms with Gasteiger partial charge in [0.05, 0.1) is 22.8 Å². The van der Waals surface area contributed by atoms with E-state index < -0.39 is 17.6 Å². The number of anilines is 1. The van der Waals surface area contributed by atoms with Crippen LogP contribution in [0.1, 0.15) is 11.1 Å². The van der Waals surface area contributed by atoms with Crippen molar-refractivity contribution in [2.45, 2.75) is 12.6 Å². The van der Waals surface area contributed by atoms with Gasteiger partial charge in [-0.05, 0) is 49.4 Å². The molecule has 0 aliphatic rings. The number of hydrogen-bond donors (Lipinski definition) is 1. The summed E-state index contributed by atoms with van der Waals surface area (Å²) in [6.45, 7) is 0.658. The molecule has 8 heteroatoms. The molecule has 0 unspecified atom stereocenters. The van der Waals surface area contributed by atoms with Crippen molar-refractivity contribution in [1.82, 2.24) is 9.88 Å². The van der Waals surface area contributed by atoms with Crippen molar-refractivity contribution >= 4 is 23.2 Å². The Labute approximate surface area is 148 Å². The maximum Gasteiger partial charge on any atom is 0.416 e. The van der Waals surface area contributed by atoms with Crippen molar-refractivity contribution in [3.8, 4) is 0 Å². The minimum Gasteiger partial charge on any atom is -0.324 e. The fourth-order valence-electron chi connectivity index (χ4n) is 2.18. The molecule has 1 amide bonds. The molecular weight excluding hydrogens is 355 g/mol. The number of amides is 1. The third-order valence-corrected chi connectivity index (χ3v) is 3.84. The molecule has 0 saturated carbocycles. The quantitative estimate of drug-likeness (QED) is 0.838. The third-order valence-electron chi connectivity index (χ3n) is 3.51. The van der Waals surface area contributed by atoms with Gasteiger partial charge in [-0.15, -0.1) is 0 Å². The lowest BCUT2D eigenvalue weighted by atomic mass is 10.2. The summed E-state index contributed by atoms with van der Waals surface area (Å²) in [5.41, 5.74) is 0.172. The highest BCUT2D eigenvalue weighted by Gasteiger charge is 2.31. The first-order chi connectivity index (χ1) is 11.8. The minimum absolute atomic E-state index is 0.0393. The largest absolute Gasteiger partial charge is 0.416 e. The highest BCUT2D eigenvalue weighted by Crippen LogP contribution is 2.33. The van der Waals surface area contributed by atoms with E-state index in [2.05, 4.69) is 10.3 Å². The molecule has 2 rings (SSSR count). The summed E-state index contributed by atoms with van der Waals surface area (Å²) in [7, 11) is 1.76. The monoisotopic (exact) mass is 371 g/mol. The first-order valence-electron chi connectivity index (χ1n) is 7.50. The van der Waals surface area contributed by atoms with Crippen molar-refractivity contribution in [3.05, 3.63) is 58.9 Å². The Balaban J connectivity index is 1.91. The van der Waals surface area contributed by atoms with Gasteiger partial charge in [-0.3, -0.25) is 14.7 Å². The molecule has 25 heavy (non-hydrogen) atoms. The van der Waals surface area contributed by atoms with Crippen LogP contribution < -0.4 is 5.32 Å². The smallest absolute Gasteiger partial charge is 0.324 e. The number of carbonyl (C=O) groups is 1. The Hall–Kier alpha value is -2.12. The SMILES string of the molecule is CN(CCc1ccncc1)CC(=O)Nc1cc(C(F)(F)F)ccc1Cl. The number of rotatable bonds is 6. The first kappa shape index (κ1) is 19.2. The molecule has 4 nitrogen and oxygen atoms in total. The third kappa shape index (κ3) is 6.03. The van der Waals surface area contributed by atoms with Crippen molar-refractivity contribution < 1.29 is 18.0 Å². The predicted octanol–water partition coefficient (Wildman–Crippen LogP) is 3.87. The van der Waals surface area contributed by atoms with Gasteiger partial charge in [-0.1, -0.05) is 11.6 Å². The number of likely N-dealkylation sites (N-methyl/N-ethyl adjacent to an activating group) is 1. The van der Waals surface area contributed by atoms with E-state index in [1.807, 2.05) is 12.1 Å². The Morgan fingerprint density at radius 3 is 2.56 bits per heavy atom. The number of pyridine rings is 1. The molecule has 0 saturated heterocycles. The predicted molar refractivity (Wildman–Crippen MR) is 90.5 cm³/mol. The van der Waals surface area contributed by atoms with E-state index in [4.69, 9.17) is 11.6 Å². The number of aromatic nitrogens is 1. The zero-order valence-electron chi connectivity index (χ0n) is 13.5. The van der Waals surface area contributed by atoms with E-state index in [-0.39, 0.29) is 17.3 Å². The van der Waals surface area contributed by atoms with Crippen molar-refractivity contribution in [1.29, 1.82) is 0 Å². The van der Waals surface area contributed by atoms with Crippen LogP contribution in [0.2, 0.25) is 5.02 Å². The zero-order chi connectivity index (χ0) is 18.4. The lowest BCUT2D eigenvalue weighted by Crippen LogP contribution is -2.31. The van der Waals surface area contributed by atoms with Crippen LogP contribution in [0.15, 0.2) is 42.7 Å². The molecule has 0 spiro atoms. The van der Waals surface area contributed by atoms with E-state index >= 15 is 0 Å². The molecule has 0 radical (unpaired) electrons. The fourth-order valence-corrected chi connectivity index (χ4v) is 2.35. The first-order valence-corrected chi connectivity index (χ1v) is 7.87. The van der Waals surface area contributed by atoms with Crippen LogP contribution in [0.5, 0.6) is 0 Å². The van der Waals surface area contributed by atoms with Crippen LogP contribution in [0.25, 0.3) is 0 Å². The van der Waals surface area contributed by atoms with Crippen molar-refractivity contribution in [3.63, 3.8) is 0 Å². The topological polar surface area (TPSA) is 45.2 Å². The second kappa shape index (κ2) is 8.31. The van der Waals surface area contributed by atoms with Crippen molar-refractivity contribution in [2.24, 2.45) is 0 Å². The highest BCUT2D eigenvalue weighted by atomic mass is 35.5. The molecule has 0 atom stereocenters. The second-order valence-electron chi connectivity index (χ2n) is 5.58. The van der Waals surface area contributed by atoms with Gasteiger partial charge in [0.2, 0.25) is 5.91 Å². The number of carbonyl (C=O) groups excluding carboxylic acids is 1. The molecule has 134 valence electrons. The average Bonchev–Trinajstić information content (AvgIpc) is 2.55. The number of benzene rings is 1. The number of alkyl halides is 3. The normalized spacial score (nSPS) is 11.6. The Kier molecular flexibility index (Phi) is 6.39. The van der Waals surface area contributed by atoms with Gasteiger partial charge in [0.15, 0.2) is 0 Å². The molecule has 1 N–H and O–H groups in total. The summed E-state index contributed by atoms with van der Waals surface area (Å²) in [6.07, 6.45) is -0.378. The number of hydrogen-bond acceptors (Lipinski definition) is 3. The van der Waals surface area contributed by atoms with Gasteiger partial charge < -0.3 is 5.32 Å². The number of nitrogens with one attached hydrogen (secondary N) is 1. The minimum atomic E-state index is -4.49. The van der Waals surface area contributed by atoms with E-state index in [1.165, 1.54) is 0 Å². The van der Waals surface area contributed by atoms with Crippen LogP contribution >= 0.6 is 11.6 Å². The Bertz CT molecular complexity index is 723. The molecule has 1 heterocycles. The van der Waals surface area contributed by atoms with Crippen LogP contribution in [-0.4, -0.2) is 35.9 Å². The Morgan fingerprint density at radius 1 is 1.24 bits per heavy atom. The van der Waals surface area contributed by atoms with Gasteiger partial charge in [0.1, 0.15) is 0 Å². The van der Waals surface area contributed by atoms with Crippen LogP contribution in [0, 0.1) is 0 Å². The van der Waals surface area contributed by atoms with Crippen LogP contribution in [0.3, 0.4) is 0 Å². The Morgan fingerprint density at radius 2 is 1.92 bits per heavy atom. The van der Waals surface area contributed by atoms with E-state index in [1.54, 1.807) is 24.3 Å². The molecule has 0 bridgehead atoms. The molecular formula is C17H17ClF3N3O. The fraction of sp³-hybridized carbons (Fsp3) is 0.294. The lowest BCUT2D eigenvalue weighted by molar-refractivity contribution is -0.137. The van der Waals surface area contributed by atoms with Crippen LogP contribution in [0.4, 0.5) is 18.9 Å². The summed E-state index contributed by atoms with van der Waals surface area (Å²) < 4.78 is 38.2. The summed E-state index contributed by atoms with van der Waals surface area (Å²) in [6, 6.07) is 6.59. The maximum absolute atomic E-state index is 12.7. The zero-order valence-corrected chi connectivity index (χ0v) is 14.2. The molecule has 0 aliphatic heterocycles. The maximum atomic E-state index is 12.7. The second-order valence-corrected chi connectivity index (χ2v) is 5.99. The molecule has 2 aromatic rings. The van der Waals surface area contributed by atoms with Gasteiger partial charge >= 0.3 is 6.18 Å². The van der Waals surface area contributed by atoms with Gasteiger partial charge in [-0.25, -0.2) is 0 Å². The van der Waals surface area contributed by atoms with Gasteiger partial charge in [-0.2, -0.15) is 13.2 Å². The number of halogens is 4. The number of nitrogens with zero attached hydrogens (tertiary/aromatic N) is 2. The van der Waals surface area contributed by atoms with Gasteiger partial charge in [0.25, 0.3) is 0 Å². The average molecular weight is 372 g/mol. The standard InChI is InChI=1S/C17H17ClF3N3O/c1-24(9-6-12-4-7-22-8-5-12)11-16(25)23-15-10-13(17(19,20)21)2-3-14(15)18/h2-5,7-8,10H,6,9,11H2,1H3,(H,23,25). The molecule has 1 aromatic heterocycles. The summed E-state index contributed by atoms with van der Waals surface area (Å²) >= 11 is 5.87. The summed E-state index contributed by atoms with van der Waals surface area (Å²) in [4.78, 5) is 17.7. The molecule has 0 fully saturated rings. The van der Waals surface area contributed by atoms with E-state index in [0.29, 0.717) is 6.54 Å². The van der Waals surface area contributed by atoms with Crippen LogP contribution in [-0.2, 0) is 17.4 Å². The van der Waals surface area contributed by atoms with Crippen molar-refractivity contribution in [2.75, 3.05) is 25.5 Å². The highest BCUT2D eigenvalue weighted by molar-refractivity contribution is 6.33. The summed E-state index contributed by atoms with van der Waals surface area (Å²) in [5, 5.41) is 2.49. The van der Waals surface area contributed by atoms with Gasteiger partial charge in [0, 0.05) is 18.9 Å². The van der Waals surface area contributed by atoms with E-state index in [0.717, 1.165) is 30.2 Å². The summed E-state index contributed by atoms with van der Waals surface area (Å²) in [5.74, 6) is -0.432. The molecule has 0 aliphatic carbocycles. The lowest BCUT2D eigenvalue weighted by Gasteiger charge is -2.17.